The van der Waals surface area contributed by atoms with Crippen molar-refractivity contribution in [2.45, 2.75) is 80.6 Å². The lowest BCUT2D eigenvalue weighted by Gasteiger charge is -2.36. The number of thiophene rings is 1. The predicted molar refractivity (Wildman–Crippen MR) is 156 cm³/mol. The molecule has 2 aromatic rings. The Bertz CT molecular complexity index is 1250. The van der Waals surface area contributed by atoms with Gasteiger partial charge in [0.25, 0.3) is 10.0 Å². The number of rotatable bonds is 9. The Labute approximate surface area is 233 Å². The van der Waals surface area contributed by atoms with Gasteiger partial charge >= 0.3 is 5.97 Å². The van der Waals surface area contributed by atoms with E-state index in [2.05, 4.69) is 24.5 Å². The fourth-order valence-electron chi connectivity index (χ4n) is 5.20. The van der Waals surface area contributed by atoms with Crippen LogP contribution in [0.1, 0.15) is 39.7 Å². The van der Waals surface area contributed by atoms with Crippen molar-refractivity contribution in [3.8, 4) is 0 Å². The number of carbonyl (C=O) groups excluding carboxylic acids is 1. The van der Waals surface area contributed by atoms with Crippen molar-refractivity contribution in [1.29, 1.82) is 0 Å². The maximum Gasteiger partial charge on any atom is 0.329 e. The highest BCUT2D eigenvalue weighted by Gasteiger charge is 2.76. The first kappa shape index (κ1) is 29.3. The number of carbonyl (C=O) groups is 1. The first-order valence-electron chi connectivity index (χ1n) is 13.3. The molecule has 2 aliphatic rings. The van der Waals surface area contributed by atoms with E-state index in [-0.39, 0.29) is 10.8 Å². The smallest absolute Gasteiger partial charge is 0.329 e. The lowest BCUT2D eigenvalue weighted by molar-refractivity contribution is -0.162. The van der Waals surface area contributed by atoms with Gasteiger partial charge in [-0.05, 0) is 50.9 Å². The molecule has 1 saturated heterocycles. The highest BCUT2D eigenvalue weighted by atomic mass is 32.2. The second kappa shape index (κ2) is 10.4. The minimum absolute atomic E-state index is 0.264. The summed E-state index contributed by atoms with van der Waals surface area (Å²) in [5.74, 6) is -0.472. The van der Waals surface area contributed by atoms with E-state index in [1.165, 1.54) is 15.6 Å². The van der Waals surface area contributed by atoms with Crippen LogP contribution in [0, 0.1) is 0 Å². The first-order valence-corrected chi connectivity index (χ1v) is 19.3. The van der Waals surface area contributed by atoms with Gasteiger partial charge in [0.05, 0.1) is 18.2 Å². The Morgan fingerprint density at radius 1 is 1.11 bits per heavy atom. The molecule has 210 valence electrons. The topological polar surface area (TPSA) is 76.2 Å². The first-order chi connectivity index (χ1) is 17.6. The van der Waals surface area contributed by atoms with Crippen LogP contribution in [0.3, 0.4) is 0 Å². The molecule has 0 N–H and O–H groups in total. The lowest BCUT2D eigenvalue weighted by Crippen LogP contribution is -2.54. The summed E-state index contributed by atoms with van der Waals surface area (Å²) in [5.41, 5.74) is -1.82. The van der Waals surface area contributed by atoms with E-state index >= 15 is 0 Å². The van der Waals surface area contributed by atoms with Crippen LogP contribution in [-0.2, 0) is 29.7 Å². The molecule has 0 spiro atoms. The number of hydrogen-bond acceptors (Lipinski definition) is 7. The molecule has 1 aromatic carbocycles. The van der Waals surface area contributed by atoms with Gasteiger partial charge in [0.1, 0.15) is 15.3 Å². The van der Waals surface area contributed by atoms with Crippen molar-refractivity contribution >= 4 is 40.4 Å². The Kier molecular flexibility index (Phi) is 7.97. The van der Waals surface area contributed by atoms with Crippen LogP contribution in [0.25, 0.3) is 0 Å². The van der Waals surface area contributed by atoms with E-state index < -0.39 is 40.6 Å². The van der Waals surface area contributed by atoms with Crippen molar-refractivity contribution in [3.63, 3.8) is 0 Å². The lowest BCUT2D eigenvalue weighted by atomic mass is 9.92. The number of ether oxygens (including phenoxy) is 2. The molecule has 1 aromatic heterocycles. The average molecular weight is 579 g/mol. The highest BCUT2D eigenvalue weighted by Crippen LogP contribution is 2.63. The van der Waals surface area contributed by atoms with Crippen LogP contribution >= 0.6 is 11.3 Å². The monoisotopic (exact) mass is 578 g/mol. The maximum atomic E-state index is 14.5. The largest absolute Gasteiger partial charge is 0.459 e. The maximum absolute atomic E-state index is 14.5. The second-order valence-corrected chi connectivity index (χ2v) is 21.6. The van der Waals surface area contributed by atoms with E-state index in [4.69, 9.17) is 9.47 Å². The standard InChI is InChI=1S/C28H42N2O5S2Si/c1-26(2,3)35-25(31)28(21-27(28,4)22-11-9-8-10-12-22)30(17-20-38(5,6)7)37(32,33)24-14-13-23(36-24)29-15-18-34-19-16-29/h8-14H,15-21H2,1-7H3/t27-,28-/m0/s1. The summed E-state index contributed by atoms with van der Waals surface area (Å²) in [7, 11) is -5.66. The molecule has 0 amide bonds. The highest BCUT2D eigenvalue weighted by molar-refractivity contribution is 7.91. The summed E-state index contributed by atoms with van der Waals surface area (Å²) < 4.78 is 42.3. The van der Waals surface area contributed by atoms with Crippen molar-refractivity contribution in [3.05, 3.63) is 48.0 Å². The molecule has 0 unspecified atom stereocenters. The number of anilines is 1. The van der Waals surface area contributed by atoms with Gasteiger partial charge in [-0.3, -0.25) is 0 Å². The number of benzene rings is 1. The predicted octanol–water partition coefficient (Wildman–Crippen LogP) is 5.36. The molecule has 4 rings (SSSR count). The number of sulfonamides is 1. The van der Waals surface area contributed by atoms with Gasteiger partial charge in [-0.2, -0.15) is 4.31 Å². The summed E-state index contributed by atoms with van der Waals surface area (Å²) in [6.45, 7) is 17.1. The molecule has 10 heteroatoms. The minimum Gasteiger partial charge on any atom is -0.459 e. The van der Waals surface area contributed by atoms with Crippen LogP contribution in [-0.4, -0.2) is 70.8 Å². The fraction of sp³-hybridized carbons (Fsp3) is 0.607. The van der Waals surface area contributed by atoms with E-state index in [1.54, 1.807) is 6.07 Å². The summed E-state index contributed by atoms with van der Waals surface area (Å²) in [4.78, 5) is 16.3. The third kappa shape index (κ3) is 5.75. The number of esters is 1. The minimum atomic E-state index is -4.00. The fourth-order valence-corrected chi connectivity index (χ4v) is 9.54. The zero-order chi connectivity index (χ0) is 28.0. The molecular formula is C28H42N2O5S2Si. The van der Waals surface area contributed by atoms with E-state index in [0.29, 0.717) is 19.6 Å². The molecule has 2 atom stereocenters. The molecule has 2 fully saturated rings. The molecule has 1 aliphatic heterocycles. The SMILES string of the molecule is CC(C)(C)OC(=O)[C@@]1(N(CC[Si](C)(C)C)S(=O)(=O)c2ccc(N3CCOCC3)s2)C[C@@]1(C)c1ccccc1. The third-order valence-corrected chi connectivity index (χ3v) is 12.7. The van der Waals surface area contributed by atoms with Crippen LogP contribution < -0.4 is 4.90 Å². The third-order valence-electron chi connectivity index (χ3n) is 7.47. The molecule has 1 saturated carbocycles. The summed E-state index contributed by atoms with van der Waals surface area (Å²) in [6.07, 6.45) is 0.381. The van der Waals surface area contributed by atoms with Gasteiger partial charge in [-0.15, -0.1) is 11.3 Å². The van der Waals surface area contributed by atoms with Gasteiger partial charge in [0, 0.05) is 33.1 Å². The van der Waals surface area contributed by atoms with E-state index in [9.17, 15) is 13.2 Å². The zero-order valence-electron chi connectivity index (χ0n) is 23.7. The van der Waals surface area contributed by atoms with Crippen LogP contribution in [0.5, 0.6) is 0 Å². The van der Waals surface area contributed by atoms with Gasteiger partial charge < -0.3 is 14.4 Å². The van der Waals surface area contributed by atoms with Crippen molar-refractivity contribution in [1.82, 2.24) is 4.31 Å². The van der Waals surface area contributed by atoms with Crippen molar-refractivity contribution < 1.29 is 22.7 Å². The van der Waals surface area contributed by atoms with Gasteiger partial charge in [-0.1, -0.05) is 56.9 Å². The Hall–Kier alpha value is -1.72. The molecular weight excluding hydrogens is 537 g/mol. The number of morpholine rings is 1. The van der Waals surface area contributed by atoms with Crippen LogP contribution in [0.2, 0.25) is 25.7 Å². The summed E-state index contributed by atoms with van der Waals surface area (Å²) in [5, 5.41) is 0.907. The number of nitrogens with zero attached hydrogens (tertiary/aromatic N) is 2. The molecule has 0 bridgehead atoms. The van der Waals surface area contributed by atoms with Gasteiger partial charge in [0.2, 0.25) is 0 Å². The molecule has 2 heterocycles. The second-order valence-electron chi connectivity index (χ2n) is 12.8. The van der Waals surface area contributed by atoms with Gasteiger partial charge in [0.15, 0.2) is 0 Å². The number of hydrogen-bond donors (Lipinski definition) is 0. The molecule has 38 heavy (non-hydrogen) atoms. The summed E-state index contributed by atoms with van der Waals surface area (Å²) in [6, 6.07) is 14.1. The van der Waals surface area contributed by atoms with Crippen molar-refractivity contribution in [2.24, 2.45) is 0 Å². The van der Waals surface area contributed by atoms with Gasteiger partial charge in [-0.25, -0.2) is 13.2 Å². The molecule has 0 radical (unpaired) electrons. The van der Waals surface area contributed by atoms with Crippen LogP contribution in [0.4, 0.5) is 5.00 Å². The van der Waals surface area contributed by atoms with Crippen molar-refractivity contribution in [2.75, 3.05) is 37.7 Å². The normalized spacial score (nSPS) is 24.5. The average Bonchev–Trinajstić information content (AvgIpc) is 3.20. The molecule has 7 nitrogen and oxygen atoms in total. The Balaban J connectivity index is 1.81. The van der Waals surface area contributed by atoms with E-state index in [1.807, 2.05) is 64.1 Å². The Morgan fingerprint density at radius 3 is 2.32 bits per heavy atom. The van der Waals surface area contributed by atoms with E-state index in [0.717, 1.165) is 29.7 Å². The summed E-state index contributed by atoms with van der Waals surface area (Å²) >= 11 is 1.27. The van der Waals surface area contributed by atoms with Crippen LogP contribution in [0.15, 0.2) is 46.7 Å². The Morgan fingerprint density at radius 2 is 1.74 bits per heavy atom. The quantitative estimate of drug-likeness (QED) is 0.295. The zero-order valence-corrected chi connectivity index (χ0v) is 26.4. The molecule has 1 aliphatic carbocycles.